The van der Waals surface area contributed by atoms with Crippen LogP contribution in [0.1, 0.15) is 12.5 Å². The van der Waals surface area contributed by atoms with Gasteiger partial charge in [0.15, 0.2) is 9.84 Å². The van der Waals surface area contributed by atoms with E-state index >= 15 is 0 Å². The molecule has 1 atom stereocenters. The summed E-state index contributed by atoms with van der Waals surface area (Å²) in [7, 11) is -3.47. The van der Waals surface area contributed by atoms with Crippen molar-refractivity contribution in [2.45, 2.75) is 18.2 Å². The van der Waals surface area contributed by atoms with Gasteiger partial charge in [-0.05, 0) is 24.1 Å². The molecule has 0 bridgehead atoms. The van der Waals surface area contributed by atoms with Crippen molar-refractivity contribution in [2.24, 2.45) is 5.92 Å². The van der Waals surface area contributed by atoms with Crippen molar-refractivity contribution in [2.75, 3.05) is 6.26 Å². The molecule has 0 aliphatic heterocycles. The minimum absolute atomic E-state index is 0.0406. The van der Waals surface area contributed by atoms with E-state index in [9.17, 15) is 17.6 Å². The fraction of sp³-hybridized carbons (Fsp3) is 0.364. The molecule has 0 aromatic heterocycles. The number of hydrogen-bond donors (Lipinski definition) is 0. The van der Waals surface area contributed by atoms with Crippen LogP contribution in [0.25, 0.3) is 0 Å². The second-order valence-electron chi connectivity index (χ2n) is 3.84. The highest BCUT2D eigenvalue weighted by molar-refractivity contribution is 7.90. The predicted molar refractivity (Wildman–Crippen MR) is 58.4 cm³/mol. The Morgan fingerprint density at radius 1 is 1.44 bits per heavy atom. The standard InChI is InChI=1S/C11H13FO3S/c1-8(7-13)5-9-3-4-10(12)6-11(9)16(2,14)15/h3-4,6-8H,5H2,1-2H3. The Hall–Kier alpha value is -1.23. The summed E-state index contributed by atoms with van der Waals surface area (Å²) in [6.07, 6.45) is 2.07. The third-order valence-corrected chi connectivity index (χ3v) is 3.38. The van der Waals surface area contributed by atoms with Crippen LogP contribution in [-0.4, -0.2) is 21.0 Å². The molecule has 0 fully saturated rings. The Kier molecular flexibility index (Phi) is 3.80. The Morgan fingerprint density at radius 2 is 2.06 bits per heavy atom. The summed E-state index contributed by atoms with van der Waals surface area (Å²) >= 11 is 0. The Labute approximate surface area is 94.2 Å². The average Bonchev–Trinajstić information content (AvgIpc) is 2.19. The van der Waals surface area contributed by atoms with Gasteiger partial charge in [0.05, 0.1) is 4.90 Å². The first-order chi connectivity index (χ1) is 7.34. The minimum atomic E-state index is -3.47. The van der Waals surface area contributed by atoms with E-state index in [0.29, 0.717) is 12.0 Å². The summed E-state index contributed by atoms with van der Waals surface area (Å²) in [6, 6.07) is 3.59. The number of hydrogen-bond acceptors (Lipinski definition) is 3. The van der Waals surface area contributed by atoms with E-state index in [4.69, 9.17) is 0 Å². The van der Waals surface area contributed by atoms with E-state index in [2.05, 4.69) is 0 Å². The van der Waals surface area contributed by atoms with Gasteiger partial charge in [-0.25, -0.2) is 12.8 Å². The summed E-state index contributed by atoms with van der Waals surface area (Å²) in [5.41, 5.74) is 0.475. The van der Waals surface area contributed by atoms with E-state index in [-0.39, 0.29) is 10.8 Å². The van der Waals surface area contributed by atoms with Crippen molar-refractivity contribution >= 4 is 16.1 Å². The zero-order valence-corrected chi connectivity index (χ0v) is 9.92. The van der Waals surface area contributed by atoms with Crippen LogP contribution >= 0.6 is 0 Å². The molecule has 0 amide bonds. The molecule has 0 aliphatic carbocycles. The van der Waals surface area contributed by atoms with Gasteiger partial charge in [-0.15, -0.1) is 0 Å². The van der Waals surface area contributed by atoms with E-state index in [1.54, 1.807) is 6.92 Å². The van der Waals surface area contributed by atoms with E-state index in [1.165, 1.54) is 12.1 Å². The maximum atomic E-state index is 13.0. The molecule has 0 spiro atoms. The quantitative estimate of drug-likeness (QED) is 0.756. The maximum Gasteiger partial charge on any atom is 0.175 e. The number of carbonyl (C=O) groups excluding carboxylic acids is 1. The second-order valence-corrected chi connectivity index (χ2v) is 5.83. The summed E-state index contributed by atoms with van der Waals surface area (Å²) < 4.78 is 35.8. The number of carbonyl (C=O) groups is 1. The first-order valence-corrected chi connectivity index (χ1v) is 6.67. The molecule has 0 N–H and O–H groups in total. The highest BCUT2D eigenvalue weighted by Gasteiger charge is 2.15. The number of sulfone groups is 1. The Bertz CT molecular complexity index is 494. The summed E-state index contributed by atoms with van der Waals surface area (Å²) in [5.74, 6) is -0.881. The molecule has 0 saturated carbocycles. The molecule has 1 aromatic carbocycles. The van der Waals surface area contributed by atoms with Gasteiger partial charge < -0.3 is 4.79 Å². The van der Waals surface area contributed by atoms with Crippen LogP contribution in [0, 0.1) is 11.7 Å². The summed E-state index contributed by atoms with van der Waals surface area (Å²) in [6.45, 7) is 1.68. The maximum absolute atomic E-state index is 13.0. The van der Waals surface area contributed by atoms with Crippen molar-refractivity contribution < 1.29 is 17.6 Å². The average molecular weight is 244 g/mol. The zero-order valence-electron chi connectivity index (χ0n) is 9.10. The van der Waals surface area contributed by atoms with Gasteiger partial charge in [0.25, 0.3) is 0 Å². The molecule has 0 heterocycles. The molecule has 88 valence electrons. The lowest BCUT2D eigenvalue weighted by atomic mass is 10.0. The van der Waals surface area contributed by atoms with Crippen LogP contribution in [0.4, 0.5) is 4.39 Å². The van der Waals surface area contributed by atoms with Crippen molar-refractivity contribution in [1.82, 2.24) is 0 Å². The van der Waals surface area contributed by atoms with Gasteiger partial charge in [-0.2, -0.15) is 0 Å². The Morgan fingerprint density at radius 3 is 2.56 bits per heavy atom. The zero-order chi connectivity index (χ0) is 12.3. The molecule has 3 nitrogen and oxygen atoms in total. The van der Waals surface area contributed by atoms with Gasteiger partial charge in [-0.1, -0.05) is 13.0 Å². The molecular formula is C11H13FO3S. The number of rotatable bonds is 4. The van der Waals surface area contributed by atoms with E-state index < -0.39 is 15.7 Å². The number of benzene rings is 1. The largest absolute Gasteiger partial charge is 0.303 e. The summed E-state index contributed by atoms with van der Waals surface area (Å²) in [5, 5.41) is 0. The van der Waals surface area contributed by atoms with Crippen molar-refractivity contribution in [3.8, 4) is 0 Å². The van der Waals surface area contributed by atoms with Gasteiger partial charge >= 0.3 is 0 Å². The lowest BCUT2D eigenvalue weighted by Gasteiger charge is -2.09. The van der Waals surface area contributed by atoms with Crippen molar-refractivity contribution in [3.05, 3.63) is 29.6 Å². The Balaban J connectivity index is 3.23. The lowest BCUT2D eigenvalue weighted by Crippen LogP contribution is -2.08. The van der Waals surface area contributed by atoms with Crippen LogP contribution in [0.2, 0.25) is 0 Å². The topological polar surface area (TPSA) is 51.2 Å². The van der Waals surface area contributed by atoms with Crippen LogP contribution in [0.15, 0.2) is 23.1 Å². The first-order valence-electron chi connectivity index (χ1n) is 4.78. The highest BCUT2D eigenvalue weighted by atomic mass is 32.2. The van der Waals surface area contributed by atoms with Gasteiger partial charge in [-0.3, -0.25) is 0 Å². The minimum Gasteiger partial charge on any atom is -0.303 e. The summed E-state index contributed by atoms with van der Waals surface area (Å²) in [4.78, 5) is 10.5. The van der Waals surface area contributed by atoms with Crippen molar-refractivity contribution in [3.63, 3.8) is 0 Å². The SMILES string of the molecule is CC(C=O)Cc1ccc(F)cc1S(C)(=O)=O. The molecule has 16 heavy (non-hydrogen) atoms. The third kappa shape index (κ3) is 3.13. The van der Waals surface area contributed by atoms with Gasteiger partial charge in [0.2, 0.25) is 0 Å². The van der Waals surface area contributed by atoms with Crippen LogP contribution < -0.4 is 0 Å². The molecular weight excluding hydrogens is 231 g/mol. The van der Waals surface area contributed by atoms with E-state index in [0.717, 1.165) is 18.6 Å². The van der Waals surface area contributed by atoms with Crippen LogP contribution in [-0.2, 0) is 21.1 Å². The smallest absolute Gasteiger partial charge is 0.175 e. The molecule has 1 unspecified atom stereocenters. The molecule has 0 saturated heterocycles. The second kappa shape index (κ2) is 4.74. The van der Waals surface area contributed by atoms with Crippen LogP contribution in [0.3, 0.4) is 0 Å². The molecule has 0 radical (unpaired) electrons. The molecule has 5 heteroatoms. The van der Waals surface area contributed by atoms with Gasteiger partial charge in [0.1, 0.15) is 12.1 Å². The molecule has 1 rings (SSSR count). The van der Waals surface area contributed by atoms with Gasteiger partial charge in [0, 0.05) is 12.2 Å². The molecule has 1 aromatic rings. The lowest BCUT2D eigenvalue weighted by molar-refractivity contribution is -0.110. The van der Waals surface area contributed by atoms with E-state index in [1.807, 2.05) is 0 Å². The normalized spacial score (nSPS) is 13.4. The van der Waals surface area contributed by atoms with Crippen LogP contribution in [0.5, 0.6) is 0 Å². The third-order valence-electron chi connectivity index (χ3n) is 2.20. The number of halogens is 1. The fourth-order valence-corrected chi connectivity index (χ4v) is 2.39. The fourth-order valence-electron chi connectivity index (χ4n) is 1.44. The monoisotopic (exact) mass is 244 g/mol. The highest BCUT2D eigenvalue weighted by Crippen LogP contribution is 2.19. The molecule has 0 aliphatic rings. The number of aldehydes is 1. The predicted octanol–water partition coefficient (Wildman–Crippen LogP) is 1.61. The van der Waals surface area contributed by atoms with Crippen molar-refractivity contribution in [1.29, 1.82) is 0 Å². The first kappa shape index (κ1) is 12.8.